The van der Waals surface area contributed by atoms with Gasteiger partial charge < -0.3 is 10.2 Å². The Morgan fingerprint density at radius 3 is 2.47 bits per heavy atom. The maximum absolute atomic E-state index is 11.2. The standard InChI is InChI=1S/C15H23N3O/c1-2-15(19)16-8-9-17-10-12-18(13-11-17)14-6-4-3-5-7-14/h3-7H,2,8-13H2,1H3,(H,16,19). The van der Waals surface area contributed by atoms with Crippen LogP contribution in [0.4, 0.5) is 5.69 Å². The van der Waals surface area contributed by atoms with Crippen molar-refractivity contribution in [2.75, 3.05) is 44.2 Å². The summed E-state index contributed by atoms with van der Waals surface area (Å²) in [5.74, 6) is 0.142. The fraction of sp³-hybridized carbons (Fsp3) is 0.533. The molecule has 0 aliphatic carbocycles. The number of rotatable bonds is 5. The quantitative estimate of drug-likeness (QED) is 0.868. The van der Waals surface area contributed by atoms with Crippen molar-refractivity contribution in [3.05, 3.63) is 30.3 Å². The fourth-order valence-corrected chi connectivity index (χ4v) is 2.35. The Morgan fingerprint density at radius 1 is 1.16 bits per heavy atom. The summed E-state index contributed by atoms with van der Waals surface area (Å²) in [4.78, 5) is 16.0. The number of hydrogen-bond donors (Lipinski definition) is 1. The molecule has 1 aliphatic heterocycles. The Labute approximate surface area is 115 Å². The molecule has 19 heavy (non-hydrogen) atoms. The molecule has 104 valence electrons. The average molecular weight is 261 g/mol. The maximum atomic E-state index is 11.2. The van der Waals surface area contributed by atoms with Crippen LogP contribution in [0.2, 0.25) is 0 Å². The predicted molar refractivity (Wildman–Crippen MR) is 78.4 cm³/mol. The third-order valence-corrected chi connectivity index (χ3v) is 3.56. The molecule has 4 nitrogen and oxygen atoms in total. The molecule has 1 saturated heterocycles. The van der Waals surface area contributed by atoms with Crippen LogP contribution < -0.4 is 10.2 Å². The van der Waals surface area contributed by atoms with Crippen molar-refractivity contribution < 1.29 is 4.79 Å². The number of benzene rings is 1. The molecule has 1 aromatic rings. The Balaban J connectivity index is 1.69. The van der Waals surface area contributed by atoms with Crippen LogP contribution in [0.1, 0.15) is 13.3 Å². The maximum Gasteiger partial charge on any atom is 0.219 e. The summed E-state index contributed by atoms with van der Waals surface area (Å²) in [6.45, 7) is 7.85. The average Bonchev–Trinajstić information content (AvgIpc) is 2.48. The van der Waals surface area contributed by atoms with Gasteiger partial charge in [-0.05, 0) is 12.1 Å². The van der Waals surface area contributed by atoms with E-state index in [1.54, 1.807) is 0 Å². The lowest BCUT2D eigenvalue weighted by atomic mass is 10.2. The molecule has 1 heterocycles. The normalized spacial score (nSPS) is 16.4. The highest BCUT2D eigenvalue weighted by atomic mass is 16.1. The molecule has 1 N–H and O–H groups in total. The van der Waals surface area contributed by atoms with E-state index in [-0.39, 0.29) is 5.91 Å². The van der Waals surface area contributed by atoms with Gasteiger partial charge in [0.15, 0.2) is 0 Å². The Morgan fingerprint density at radius 2 is 1.84 bits per heavy atom. The zero-order valence-electron chi connectivity index (χ0n) is 11.6. The van der Waals surface area contributed by atoms with Crippen molar-refractivity contribution in [1.29, 1.82) is 0 Å². The van der Waals surface area contributed by atoms with Crippen LogP contribution in [0.15, 0.2) is 30.3 Å². The van der Waals surface area contributed by atoms with E-state index in [4.69, 9.17) is 0 Å². The smallest absolute Gasteiger partial charge is 0.219 e. The van der Waals surface area contributed by atoms with Crippen LogP contribution in [0, 0.1) is 0 Å². The second-order valence-corrected chi connectivity index (χ2v) is 4.87. The van der Waals surface area contributed by atoms with E-state index in [2.05, 4.69) is 45.4 Å². The minimum atomic E-state index is 0.142. The fourth-order valence-electron chi connectivity index (χ4n) is 2.35. The summed E-state index contributed by atoms with van der Waals surface area (Å²) < 4.78 is 0. The number of anilines is 1. The van der Waals surface area contributed by atoms with Crippen LogP contribution in [-0.2, 0) is 4.79 Å². The van der Waals surface area contributed by atoms with Gasteiger partial charge in [0.25, 0.3) is 0 Å². The third kappa shape index (κ3) is 4.24. The molecule has 0 saturated carbocycles. The Bertz CT molecular complexity index is 386. The van der Waals surface area contributed by atoms with Crippen LogP contribution in [-0.4, -0.2) is 50.1 Å². The molecule has 0 atom stereocenters. The molecule has 0 aromatic heterocycles. The van der Waals surface area contributed by atoms with Gasteiger partial charge in [0.1, 0.15) is 0 Å². The molecule has 2 rings (SSSR count). The number of nitrogens with zero attached hydrogens (tertiary/aromatic N) is 2. The summed E-state index contributed by atoms with van der Waals surface area (Å²) in [5.41, 5.74) is 1.31. The number of para-hydroxylation sites is 1. The van der Waals surface area contributed by atoms with Crippen molar-refractivity contribution in [3.8, 4) is 0 Å². The van der Waals surface area contributed by atoms with E-state index < -0.39 is 0 Å². The van der Waals surface area contributed by atoms with Crippen LogP contribution in [0.5, 0.6) is 0 Å². The first-order valence-corrected chi connectivity index (χ1v) is 7.08. The Kier molecular flexibility index (Phi) is 5.21. The van der Waals surface area contributed by atoms with Gasteiger partial charge in [0, 0.05) is 51.4 Å². The summed E-state index contributed by atoms with van der Waals surface area (Å²) >= 11 is 0. The summed E-state index contributed by atoms with van der Waals surface area (Å²) in [5, 5.41) is 2.93. The highest BCUT2D eigenvalue weighted by molar-refractivity contribution is 5.75. The number of hydrogen-bond acceptors (Lipinski definition) is 3. The molecule has 1 amide bonds. The second-order valence-electron chi connectivity index (χ2n) is 4.87. The van der Waals surface area contributed by atoms with Gasteiger partial charge >= 0.3 is 0 Å². The van der Waals surface area contributed by atoms with Gasteiger partial charge in [-0.1, -0.05) is 25.1 Å². The summed E-state index contributed by atoms with van der Waals surface area (Å²) in [7, 11) is 0. The molecule has 0 unspecified atom stereocenters. The zero-order valence-corrected chi connectivity index (χ0v) is 11.6. The van der Waals surface area contributed by atoms with Gasteiger partial charge in [-0.3, -0.25) is 9.69 Å². The molecular formula is C15H23N3O. The predicted octanol–water partition coefficient (Wildman–Crippen LogP) is 1.33. The molecule has 1 aliphatic rings. The highest BCUT2D eigenvalue weighted by Crippen LogP contribution is 2.15. The zero-order chi connectivity index (χ0) is 13.5. The van der Waals surface area contributed by atoms with Crippen LogP contribution in [0.25, 0.3) is 0 Å². The van der Waals surface area contributed by atoms with Crippen molar-refractivity contribution in [2.24, 2.45) is 0 Å². The lowest BCUT2D eigenvalue weighted by Gasteiger charge is -2.36. The number of piperazine rings is 1. The van der Waals surface area contributed by atoms with E-state index in [9.17, 15) is 4.79 Å². The number of nitrogens with one attached hydrogen (secondary N) is 1. The van der Waals surface area contributed by atoms with E-state index >= 15 is 0 Å². The third-order valence-electron chi connectivity index (χ3n) is 3.56. The van der Waals surface area contributed by atoms with Crippen molar-refractivity contribution in [1.82, 2.24) is 10.2 Å². The molecule has 0 radical (unpaired) electrons. The largest absolute Gasteiger partial charge is 0.369 e. The van der Waals surface area contributed by atoms with Crippen molar-refractivity contribution >= 4 is 11.6 Å². The lowest BCUT2D eigenvalue weighted by molar-refractivity contribution is -0.120. The van der Waals surface area contributed by atoms with Gasteiger partial charge in [-0.2, -0.15) is 0 Å². The van der Waals surface area contributed by atoms with Crippen molar-refractivity contribution in [3.63, 3.8) is 0 Å². The molecule has 0 bridgehead atoms. The molecule has 1 fully saturated rings. The monoisotopic (exact) mass is 261 g/mol. The first kappa shape index (κ1) is 13.9. The topological polar surface area (TPSA) is 35.6 Å². The van der Waals surface area contributed by atoms with Gasteiger partial charge in [0.2, 0.25) is 5.91 Å². The Hall–Kier alpha value is -1.55. The van der Waals surface area contributed by atoms with E-state index in [1.807, 2.05) is 6.92 Å². The molecule has 1 aromatic carbocycles. The van der Waals surface area contributed by atoms with Gasteiger partial charge in [0.05, 0.1) is 0 Å². The SMILES string of the molecule is CCC(=O)NCCN1CCN(c2ccccc2)CC1. The lowest BCUT2D eigenvalue weighted by Crippen LogP contribution is -2.48. The van der Waals surface area contributed by atoms with Gasteiger partial charge in [-0.25, -0.2) is 0 Å². The van der Waals surface area contributed by atoms with Crippen LogP contribution >= 0.6 is 0 Å². The first-order valence-electron chi connectivity index (χ1n) is 7.08. The molecule has 4 heteroatoms. The minimum Gasteiger partial charge on any atom is -0.369 e. The molecular weight excluding hydrogens is 238 g/mol. The molecule has 0 spiro atoms. The van der Waals surface area contributed by atoms with E-state index in [0.29, 0.717) is 6.42 Å². The first-order chi connectivity index (χ1) is 9.29. The summed E-state index contributed by atoms with van der Waals surface area (Å²) in [6.07, 6.45) is 0.571. The van der Waals surface area contributed by atoms with E-state index in [0.717, 1.165) is 39.3 Å². The van der Waals surface area contributed by atoms with Crippen molar-refractivity contribution in [2.45, 2.75) is 13.3 Å². The van der Waals surface area contributed by atoms with E-state index in [1.165, 1.54) is 5.69 Å². The second kappa shape index (κ2) is 7.14. The minimum absolute atomic E-state index is 0.142. The highest BCUT2D eigenvalue weighted by Gasteiger charge is 2.16. The number of carbonyl (C=O) groups is 1. The summed E-state index contributed by atoms with van der Waals surface area (Å²) in [6, 6.07) is 10.5. The van der Waals surface area contributed by atoms with Crippen LogP contribution in [0.3, 0.4) is 0 Å². The van der Waals surface area contributed by atoms with Gasteiger partial charge in [-0.15, -0.1) is 0 Å². The number of carbonyl (C=O) groups excluding carboxylic acids is 1. The number of amides is 1.